The molecule has 0 spiro atoms. The van der Waals surface area contributed by atoms with Gasteiger partial charge in [-0.15, -0.1) is 0 Å². The summed E-state index contributed by atoms with van der Waals surface area (Å²) < 4.78 is 38.6. The zero-order valence-electron chi connectivity index (χ0n) is 15.9. The number of alkyl halides is 3. The third kappa shape index (κ3) is 4.60. The molecule has 5 heteroatoms. The lowest BCUT2D eigenvalue weighted by atomic mass is 9.66. The normalized spacial score (nSPS) is 29.8. The van der Waals surface area contributed by atoms with Crippen LogP contribution in [0.1, 0.15) is 82.1 Å². The Bertz CT molecular complexity index is 639. The number of halogens is 3. The van der Waals surface area contributed by atoms with Gasteiger partial charge in [0.2, 0.25) is 0 Å². The molecule has 1 heterocycles. The van der Waals surface area contributed by atoms with E-state index in [1.165, 1.54) is 64.2 Å². The van der Waals surface area contributed by atoms with Gasteiger partial charge in [-0.1, -0.05) is 44.9 Å². The maximum Gasteiger partial charge on any atom is 0.446 e. The van der Waals surface area contributed by atoms with E-state index in [-0.39, 0.29) is 11.8 Å². The van der Waals surface area contributed by atoms with Crippen molar-refractivity contribution in [2.45, 2.75) is 93.0 Å². The number of anilines is 1. The molecule has 0 bridgehead atoms. The second-order valence-electron chi connectivity index (χ2n) is 8.63. The lowest BCUT2D eigenvalue weighted by molar-refractivity contribution is -0.0328. The summed E-state index contributed by atoms with van der Waals surface area (Å²) >= 11 is 0.0233. The topological polar surface area (TPSA) is 12.0 Å². The van der Waals surface area contributed by atoms with Crippen molar-refractivity contribution < 1.29 is 13.2 Å². The Morgan fingerprint density at radius 2 is 1.52 bits per heavy atom. The third-order valence-corrected chi connectivity index (χ3v) is 7.64. The van der Waals surface area contributed by atoms with Gasteiger partial charge >= 0.3 is 5.51 Å². The predicted molar refractivity (Wildman–Crippen MR) is 106 cm³/mol. The molecule has 0 aromatic heterocycles. The lowest BCUT2D eigenvalue weighted by Crippen LogP contribution is -2.44. The summed E-state index contributed by atoms with van der Waals surface area (Å²) in [6.45, 7) is 0. The van der Waals surface area contributed by atoms with E-state index in [4.69, 9.17) is 0 Å². The molecule has 4 rings (SSSR count). The van der Waals surface area contributed by atoms with Crippen LogP contribution in [0.25, 0.3) is 0 Å². The molecule has 0 amide bonds. The van der Waals surface area contributed by atoms with Crippen LogP contribution >= 0.6 is 11.8 Å². The molecule has 27 heavy (non-hydrogen) atoms. The fourth-order valence-corrected chi connectivity index (χ4v) is 6.34. The van der Waals surface area contributed by atoms with E-state index in [0.717, 1.165) is 23.6 Å². The molecule has 1 N–H and O–H groups in total. The first-order valence-corrected chi connectivity index (χ1v) is 11.5. The van der Waals surface area contributed by atoms with E-state index in [0.29, 0.717) is 22.8 Å². The second-order valence-corrected chi connectivity index (χ2v) is 9.77. The smallest absolute Gasteiger partial charge is 0.381 e. The highest BCUT2D eigenvalue weighted by molar-refractivity contribution is 8.00. The van der Waals surface area contributed by atoms with Gasteiger partial charge in [-0.2, -0.15) is 13.2 Å². The van der Waals surface area contributed by atoms with Crippen LogP contribution in [0.2, 0.25) is 0 Å². The van der Waals surface area contributed by atoms with Crippen LogP contribution in [0.3, 0.4) is 0 Å². The molecular weight excluding hydrogens is 367 g/mol. The van der Waals surface area contributed by atoms with Crippen LogP contribution in [-0.2, 0) is 0 Å². The minimum Gasteiger partial charge on any atom is -0.381 e. The fraction of sp³-hybridized carbons (Fsp3) is 0.727. The molecule has 150 valence electrons. The lowest BCUT2D eigenvalue weighted by Gasteiger charge is -2.46. The highest BCUT2D eigenvalue weighted by Gasteiger charge is 2.40. The largest absolute Gasteiger partial charge is 0.446 e. The molecule has 3 aliphatic rings. The molecule has 0 saturated heterocycles. The van der Waals surface area contributed by atoms with E-state index in [1.54, 1.807) is 6.07 Å². The van der Waals surface area contributed by atoms with Crippen LogP contribution in [0, 0.1) is 11.8 Å². The monoisotopic (exact) mass is 397 g/mol. The average molecular weight is 398 g/mol. The minimum atomic E-state index is -4.22. The molecule has 0 radical (unpaired) electrons. The molecule has 3 atom stereocenters. The van der Waals surface area contributed by atoms with Gasteiger partial charge in [0.1, 0.15) is 0 Å². The Labute approximate surface area is 164 Å². The Morgan fingerprint density at radius 3 is 2.26 bits per heavy atom. The molecule has 1 aromatic carbocycles. The fourth-order valence-electron chi connectivity index (χ4n) is 5.75. The number of hydrogen-bond donors (Lipinski definition) is 1. The number of fused-ring (bicyclic) bond motifs is 3. The molecule has 2 saturated carbocycles. The van der Waals surface area contributed by atoms with Crippen molar-refractivity contribution in [1.29, 1.82) is 0 Å². The minimum absolute atomic E-state index is 0.0233. The first-order valence-electron chi connectivity index (χ1n) is 10.7. The van der Waals surface area contributed by atoms with Gasteiger partial charge in [0.25, 0.3) is 0 Å². The standard InChI is InChI=1S/C22H30F3NS/c23-22(24,25)27-16-12-13-20-19(14-16)17-10-6-1-2-7-11-18(17)21(26-20)15-8-4-3-5-9-15/h12-15,17-18,21,26H,1-11H2/t17-,18+,21+/m0/s1. The van der Waals surface area contributed by atoms with Crippen molar-refractivity contribution >= 4 is 17.4 Å². The van der Waals surface area contributed by atoms with Crippen molar-refractivity contribution in [3.05, 3.63) is 23.8 Å². The molecule has 1 aromatic rings. The summed E-state index contributed by atoms with van der Waals surface area (Å²) in [4.78, 5) is 0.333. The highest BCUT2D eigenvalue weighted by atomic mass is 32.2. The van der Waals surface area contributed by atoms with Gasteiger partial charge in [-0.3, -0.25) is 0 Å². The van der Waals surface area contributed by atoms with E-state index < -0.39 is 5.51 Å². The second kappa shape index (κ2) is 8.26. The van der Waals surface area contributed by atoms with Crippen LogP contribution in [0.15, 0.2) is 23.1 Å². The molecule has 1 nitrogen and oxygen atoms in total. The van der Waals surface area contributed by atoms with Gasteiger partial charge in [-0.05, 0) is 79.0 Å². The highest BCUT2D eigenvalue weighted by Crippen LogP contribution is 2.50. The Kier molecular flexibility index (Phi) is 5.96. The summed E-state index contributed by atoms with van der Waals surface area (Å²) in [5.74, 6) is 1.72. The van der Waals surface area contributed by atoms with Crippen molar-refractivity contribution in [2.75, 3.05) is 5.32 Å². The zero-order valence-corrected chi connectivity index (χ0v) is 16.7. The van der Waals surface area contributed by atoms with Gasteiger partial charge in [0, 0.05) is 16.6 Å². The first kappa shape index (κ1) is 19.5. The number of benzene rings is 1. The van der Waals surface area contributed by atoms with Crippen LogP contribution < -0.4 is 5.32 Å². The van der Waals surface area contributed by atoms with Gasteiger partial charge in [-0.25, -0.2) is 0 Å². The number of hydrogen-bond acceptors (Lipinski definition) is 2. The maximum atomic E-state index is 12.9. The van der Waals surface area contributed by atoms with E-state index >= 15 is 0 Å². The van der Waals surface area contributed by atoms with E-state index in [9.17, 15) is 13.2 Å². The first-order chi connectivity index (χ1) is 13.0. The molecular formula is C22H30F3NS. The van der Waals surface area contributed by atoms with Crippen LogP contribution in [-0.4, -0.2) is 11.6 Å². The third-order valence-electron chi connectivity index (χ3n) is 6.92. The van der Waals surface area contributed by atoms with Gasteiger partial charge < -0.3 is 5.32 Å². The predicted octanol–water partition coefficient (Wildman–Crippen LogP) is 7.73. The number of nitrogens with one attached hydrogen (secondary N) is 1. The van der Waals surface area contributed by atoms with Crippen molar-refractivity contribution in [3.8, 4) is 0 Å². The summed E-state index contributed by atoms with van der Waals surface area (Å²) in [6.07, 6.45) is 14.0. The maximum absolute atomic E-state index is 12.9. The molecule has 2 aliphatic carbocycles. The summed E-state index contributed by atoms with van der Waals surface area (Å²) in [5, 5.41) is 3.81. The summed E-state index contributed by atoms with van der Waals surface area (Å²) in [6, 6.07) is 5.89. The average Bonchev–Trinajstić information content (AvgIpc) is 2.61. The Morgan fingerprint density at radius 1 is 0.852 bits per heavy atom. The summed E-state index contributed by atoms with van der Waals surface area (Å²) in [7, 11) is 0. The Balaban J connectivity index is 1.66. The van der Waals surface area contributed by atoms with Crippen molar-refractivity contribution in [1.82, 2.24) is 0 Å². The summed E-state index contributed by atoms with van der Waals surface area (Å²) in [5.41, 5.74) is -1.98. The van der Waals surface area contributed by atoms with E-state index in [1.807, 2.05) is 12.1 Å². The zero-order chi connectivity index (χ0) is 18.9. The quantitative estimate of drug-likeness (QED) is 0.513. The SMILES string of the molecule is FC(F)(F)Sc1ccc2c(c1)[C@H]1CCCCCC[C@H]1[C@@H](C1CCCCC1)N2. The van der Waals surface area contributed by atoms with Crippen LogP contribution in [0.5, 0.6) is 0 Å². The molecule has 1 aliphatic heterocycles. The van der Waals surface area contributed by atoms with Gasteiger partial charge in [0.05, 0.1) is 0 Å². The van der Waals surface area contributed by atoms with Gasteiger partial charge in [0.15, 0.2) is 0 Å². The molecule has 2 fully saturated rings. The van der Waals surface area contributed by atoms with Crippen molar-refractivity contribution in [2.24, 2.45) is 11.8 Å². The van der Waals surface area contributed by atoms with Crippen LogP contribution in [0.4, 0.5) is 18.9 Å². The van der Waals surface area contributed by atoms with Crippen molar-refractivity contribution in [3.63, 3.8) is 0 Å². The molecule has 0 unspecified atom stereocenters. The number of thioether (sulfide) groups is 1. The van der Waals surface area contributed by atoms with E-state index in [2.05, 4.69) is 5.32 Å². The number of rotatable bonds is 2. The Hall–Kier alpha value is -0.840.